The molecule has 0 fully saturated rings. The molecule has 0 spiro atoms. The number of carbonyl (C=O) groups is 2. The van der Waals surface area contributed by atoms with Crippen molar-refractivity contribution in [1.29, 1.82) is 0 Å². The lowest BCUT2D eigenvalue weighted by Crippen LogP contribution is -2.20. The van der Waals surface area contributed by atoms with Crippen LogP contribution in [0.3, 0.4) is 0 Å². The zero-order chi connectivity index (χ0) is 33.2. The predicted molar refractivity (Wildman–Crippen MR) is 190 cm³/mol. The van der Waals surface area contributed by atoms with Crippen molar-refractivity contribution >= 4 is 73.4 Å². The summed E-state index contributed by atoms with van der Waals surface area (Å²) in [6, 6.07) is 24.9. The number of hydrazone groups is 1. The number of nitrogens with zero attached hydrogens (tertiary/aromatic N) is 2. The van der Waals surface area contributed by atoms with Gasteiger partial charge in [0, 0.05) is 32.9 Å². The van der Waals surface area contributed by atoms with Crippen LogP contribution in [0.25, 0.3) is 11.3 Å². The Balaban J connectivity index is 1.16. The molecule has 5 aromatic rings. The van der Waals surface area contributed by atoms with Crippen LogP contribution >= 0.6 is 38.9 Å². The van der Waals surface area contributed by atoms with E-state index in [4.69, 9.17) is 25.8 Å². The van der Waals surface area contributed by atoms with E-state index in [1.165, 1.54) is 17.6 Å². The fourth-order valence-electron chi connectivity index (χ4n) is 4.22. The number of amides is 2. The SMILES string of the molecule is CCOc1cc(/C=N\NC(=O)c2ccc(-c3csc(Nc4ccc(Cl)cc4)n3)cc2)cc(Br)c1OCC(=O)Nc1ccc(OC)cc1. The van der Waals surface area contributed by atoms with Crippen molar-refractivity contribution in [3.63, 3.8) is 0 Å². The van der Waals surface area contributed by atoms with Crippen molar-refractivity contribution < 1.29 is 23.8 Å². The van der Waals surface area contributed by atoms with Crippen molar-refractivity contribution in [2.75, 3.05) is 31.0 Å². The third-order valence-electron chi connectivity index (χ3n) is 6.48. The van der Waals surface area contributed by atoms with Crippen LogP contribution in [0.2, 0.25) is 5.02 Å². The van der Waals surface area contributed by atoms with Gasteiger partial charge in [0.05, 0.1) is 30.1 Å². The van der Waals surface area contributed by atoms with Gasteiger partial charge in [0.25, 0.3) is 11.8 Å². The van der Waals surface area contributed by atoms with E-state index in [2.05, 4.69) is 42.1 Å². The van der Waals surface area contributed by atoms with Crippen LogP contribution in [0, 0.1) is 0 Å². The molecule has 3 N–H and O–H groups in total. The fourth-order valence-corrected chi connectivity index (χ4v) is 5.66. The lowest BCUT2D eigenvalue weighted by Gasteiger charge is -2.14. The fraction of sp³-hybridized carbons (Fsp3) is 0.118. The van der Waals surface area contributed by atoms with Gasteiger partial charge in [-0.25, -0.2) is 10.4 Å². The maximum Gasteiger partial charge on any atom is 0.271 e. The average Bonchev–Trinajstić information content (AvgIpc) is 3.54. The van der Waals surface area contributed by atoms with Crippen molar-refractivity contribution in [3.8, 4) is 28.5 Å². The number of hydrogen-bond donors (Lipinski definition) is 3. The first-order valence-corrected chi connectivity index (χ1v) is 16.3. The van der Waals surface area contributed by atoms with Gasteiger partial charge in [0.1, 0.15) is 5.75 Å². The summed E-state index contributed by atoms with van der Waals surface area (Å²) in [4.78, 5) is 29.9. The van der Waals surface area contributed by atoms with E-state index in [1.54, 1.807) is 55.6 Å². The zero-order valence-electron chi connectivity index (χ0n) is 25.3. The number of aromatic nitrogens is 1. The highest BCUT2D eigenvalue weighted by molar-refractivity contribution is 9.10. The summed E-state index contributed by atoms with van der Waals surface area (Å²) in [5.74, 6) is 0.756. The molecule has 5 rings (SSSR count). The minimum absolute atomic E-state index is 0.239. The number of carbonyl (C=O) groups excluding carboxylic acids is 2. The molecular formula is C34H29BrClN5O5S. The Labute approximate surface area is 288 Å². The van der Waals surface area contributed by atoms with Crippen LogP contribution in [-0.4, -0.2) is 43.3 Å². The summed E-state index contributed by atoms with van der Waals surface area (Å²) in [6.45, 7) is 1.97. The number of ether oxygens (including phenoxy) is 3. The number of anilines is 3. The van der Waals surface area contributed by atoms with E-state index in [0.29, 0.717) is 50.2 Å². The third-order valence-corrected chi connectivity index (χ3v) is 8.07. The molecule has 13 heteroatoms. The molecule has 10 nitrogen and oxygen atoms in total. The Morgan fingerprint density at radius 2 is 1.70 bits per heavy atom. The smallest absolute Gasteiger partial charge is 0.271 e. The normalized spacial score (nSPS) is 10.8. The van der Waals surface area contributed by atoms with Gasteiger partial charge in [0.15, 0.2) is 23.2 Å². The number of nitrogens with one attached hydrogen (secondary N) is 3. The molecule has 0 atom stereocenters. The molecular weight excluding hydrogens is 706 g/mol. The van der Waals surface area contributed by atoms with Gasteiger partial charge in [-0.3, -0.25) is 9.59 Å². The van der Waals surface area contributed by atoms with E-state index < -0.39 is 0 Å². The number of thiazole rings is 1. The number of benzene rings is 4. The maximum absolute atomic E-state index is 12.8. The van der Waals surface area contributed by atoms with Crippen LogP contribution in [-0.2, 0) is 4.79 Å². The van der Waals surface area contributed by atoms with E-state index in [1.807, 2.05) is 48.7 Å². The quantitative estimate of drug-likeness (QED) is 0.0824. The van der Waals surface area contributed by atoms with Crippen LogP contribution < -0.4 is 30.3 Å². The molecule has 0 aliphatic carbocycles. The summed E-state index contributed by atoms with van der Waals surface area (Å²) in [7, 11) is 1.57. The van der Waals surface area contributed by atoms with Crippen LogP contribution in [0.5, 0.6) is 17.2 Å². The largest absolute Gasteiger partial charge is 0.497 e. The van der Waals surface area contributed by atoms with Gasteiger partial charge in [-0.1, -0.05) is 23.7 Å². The Kier molecular flexibility index (Phi) is 11.4. The third kappa shape index (κ3) is 9.32. The zero-order valence-corrected chi connectivity index (χ0v) is 28.4. The van der Waals surface area contributed by atoms with Gasteiger partial charge < -0.3 is 24.8 Å². The van der Waals surface area contributed by atoms with Gasteiger partial charge in [-0.05, 0) is 101 Å². The molecule has 0 saturated carbocycles. The number of halogens is 2. The van der Waals surface area contributed by atoms with Crippen molar-refractivity contribution in [2.24, 2.45) is 5.10 Å². The number of rotatable bonds is 13. The Bertz CT molecular complexity index is 1870. The van der Waals surface area contributed by atoms with Crippen molar-refractivity contribution in [2.45, 2.75) is 6.92 Å². The van der Waals surface area contributed by atoms with Crippen LogP contribution in [0.15, 0.2) is 99.9 Å². The molecule has 0 bridgehead atoms. The second-order valence-corrected chi connectivity index (χ2v) is 11.9. The number of hydrogen-bond acceptors (Lipinski definition) is 9. The number of methoxy groups -OCH3 is 1. The maximum atomic E-state index is 12.8. The van der Waals surface area contributed by atoms with Crippen LogP contribution in [0.1, 0.15) is 22.8 Å². The molecule has 0 aliphatic heterocycles. The standard InChI is InChI=1S/C34H29BrClN5O5S/c1-3-45-30-17-21(16-28(35)32(30)46-19-31(42)38-25-12-14-27(44-2)15-13-25)18-37-41-33(43)23-6-4-22(5-7-23)29-20-47-34(40-29)39-26-10-8-24(36)9-11-26/h4-18,20H,3,19H2,1-2H3,(H,38,42)(H,39,40)(H,41,43)/b37-18-. The summed E-state index contributed by atoms with van der Waals surface area (Å²) in [6.07, 6.45) is 1.49. The second-order valence-electron chi connectivity index (χ2n) is 9.77. The Hall–Kier alpha value is -4.91. The monoisotopic (exact) mass is 733 g/mol. The van der Waals surface area contributed by atoms with E-state index in [9.17, 15) is 9.59 Å². The molecule has 240 valence electrons. The first kappa shape index (κ1) is 33.5. The highest BCUT2D eigenvalue weighted by Crippen LogP contribution is 2.36. The molecule has 0 radical (unpaired) electrons. The van der Waals surface area contributed by atoms with E-state index >= 15 is 0 Å². The predicted octanol–water partition coefficient (Wildman–Crippen LogP) is 8.16. The van der Waals surface area contributed by atoms with Gasteiger partial charge in [-0.15, -0.1) is 11.3 Å². The minimum Gasteiger partial charge on any atom is -0.497 e. The summed E-state index contributed by atoms with van der Waals surface area (Å²) >= 11 is 10.9. The molecule has 1 heterocycles. The van der Waals surface area contributed by atoms with Crippen LogP contribution in [0.4, 0.5) is 16.5 Å². The van der Waals surface area contributed by atoms with Gasteiger partial charge in [-0.2, -0.15) is 5.10 Å². The Morgan fingerprint density at radius 3 is 2.40 bits per heavy atom. The highest BCUT2D eigenvalue weighted by Gasteiger charge is 2.15. The minimum atomic E-state index is -0.372. The molecule has 47 heavy (non-hydrogen) atoms. The van der Waals surface area contributed by atoms with Gasteiger partial charge >= 0.3 is 0 Å². The first-order chi connectivity index (χ1) is 22.8. The van der Waals surface area contributed by atoms with Gasteiger partial charge in [0.2, 0.25) is 0 Å². The summed E-state index contributed by atoms with van der Waals surface area (Å²) in [5, 5.41) is 13.5. The summed E-state index contributed by atoms with van der Waals surface area (Å²) < 4.78 is 17.2. The molecule has 0 unspecified atom stereocenters. The average molecular weight is 735 g/mol. The second kappa shape index (κ2) is 16.1. The van der Waals surface area contributed by atoms with E-state index in [0.717, 1.165) is 22.1 Å². The summed E-state index contributed by atoms with van der Waals surface area (Å²) in [5.41, 5.74) is 6.79. The van der Waals surface area contributed by atoms with Crippen molar-refractivity contribution in [1.82, 2.24) is 10.4 Å². The van der Waals surface area contributed by atoms with E-state index in [-0.39, 0.29) is 18.4 Å². The first-order valence-electron chi connectivity index (χ1n) is 14.3. The highest BCUT2D eigenvalue weighted by atomic mass is 79.9. The Morgan fingerprint density at radius 1 is 0.979 bits per heavy atom. The molecule has 2 amide bonds. The molecule has 4 aromatic carbocycles. The molecule has 0 saturated heterocycles. The molecule has 0 aliphatic rings. The van der Waals surface area contributed by atoms with Crippen molar-refractivity contribution in [3.05, 3.63) is 111 Å². The lowest BCUT2D eigenvalue weighted by atomic mass is 10.1. The molecule has 1 aromatic heterocycles. The topological polar surface area (TPSA) is 123 Å². The lowest BCUT2D eigenvalue weighted by molar-refractivity contribution is -0.118.